The van der Waals surface area contributed by atoms with Gasteiger partial charge >= 0.3 is 12.1 Å². The molecule has 3 aliphatic heterocycles. The Kier molecular flexibility index (Phi) is 10.7. The van der Waals surface area contributed by atoms with Gasteiger partial charge in [0, 0.05) is 71.9 Å². The van der Waals surface area contributed by atoms with Gasteiger partial charge in [-0.25, -0.2) is 4.79 Å². The van der Waals surface area contributed by atoms with Gasteiger partial charge in [-0.15, -0.1) is 0 Å². The van der Waals surface area contributed by atoms with Crippen LogP contribution in [0.3, 0.4) is 0 Å². The number of hydrogen-bond acceptors (Lipinski definition) is 8. The fourth-order valence-corrected chi connectivity index (χ4v) is 6.52. The zero-order valence-electron chi connectivity index (χ0n) is 22.7. The van der Waals surface area contributed by atoms with Crippen LogP contribution in [0.5, 0.6) is 0 Å². The smallest absolute Gasteiger partial charge is 0.411 e. The van der Waals surface area contributed by atoms with Crippen molar-refractivity contribution < 1.29 is 19.1 Å². The molecule has 206 valence electrons. The first kappa shape index (κ1) is 27.6. The summed E-state index contributed by atoms with van der Waals surface area (Å²) in [6.45, 7) is 10.6. The second kappa shape index (κ2) is 13.9. The molecule has 0 radical (unpaired) electrons. The number of carbonyl (C=O) groups excluding carboxylic acids is 2. The predicted octanol–water partition coefficient (Wildman–Crippen LogP) is 2.45. The number of methoxy groups -OCH3 is 1. The van der Waals surface area contributed by atoms with E-state index < -0.39 is 0 Å². The second-order valence-electron chi connectivity index (χ2n) is 11.2. The Morgan fingerprint density at radius 1 is 0.861 bits per heavy atom. The first-order valence-corrected chi connectivity index (χ1v) is 14.5. The molecular weight excluding hydrogens is 458 g/mol. The SMILES string of the molecule is COC(=O)CCCN1CCN(C2OC(=O)N(C)C2CCCCN2CCN(C3CCCCC3)CC2)CC1. The van der Waals surface area contributed by atoms with Crippen LogP contribution < -0.4 is 0 Å². The highest BCUT2D eigenvalue weighted by atomic mass is 16.6. The van der Waals surface area contributed by atoms with Gasteiger partial charge in [-0.3, -0.25) is 14.6 Å². The highest BCUT2D eigenvalue weighted by Gasteiger charge is 2.43. The number of unbranched alkanes of at least 4 members (excludes halogenated alkanes) is 1. The lowest BCUT2D eigenvalue weighted by molar-refractivity contribution is -0.140. The highest BCUT2D eigenvalue weighted by molar-refractivity contribution is 5.70. The number of nitrogens with zero attached hydrogens (tertiary/aromatic N) is 5. The number of likely N-dealkylation sites (N-methyl/N-ethyl adjacent to an activating group) is 1. The summed E-state index contributed by atoms with van der Waals surface area (Å²) in [6.07, 6.45) is 11.3. The van der Waals surface area contributed by atoms with Gasteiger partial charge in [0.2, 0.25) is 0 Å². The van der Waals surface area contributed by atoms with Crippen molar-refractivity contribution in [3.05, 3.63) is 0 Å². The van der Waals surface area contributed by atoms with Gasteiger partial charge < -0.3 is 24.2 Å². The summed E-state index contributed by atoms with van der Waals surface area (Å²) in [5.41, 5.74) is 0. The molecule has 0 aromatic heterocycles. The van der Waals surface area contributed by atoms with E-state index in [0.29, 0.717) is 6.42 Å². The Labute approximate surface area is 218 Å². The summed E-state index contributed by atoms with van der Waals surface area (Å²) < 4.78 is 10.6. The van der Waals surface area contributed by atoms with E-state index in [2.05, 4.69) is 19.6 Å². The van der Waals surface area contributed by atoms with Crippen LogP contribution in [0.1, 0.15) is 64.2 Å². The van der Waals surface area contributed by atoms with Crippen molar-refractivity contribution in [3.63, 3.8) is 0 Å². The number of carbonyl (C=O) groups is 2. The lowest BCUT2D eigenvalue weighted by atomic mass is 9.94. The number of ether oxygens (including phenoxy) is 2. The van der Waals surface area contributed by atoms with Crippen LogP contribution in [0, 0.1) is 0 Å². The molecule has 2 atom stereocenters. The maximum absolute atomic E-state index is 12.4. The third-order valence-corrected chi connectivity index (χ3v) is 8.91. The van der Waals surface area contributed by atoms with Crippen LogP contribution in [-0.2, 0) is 14.3 Å². The molecule has 0 N–H and O–H groups in total. The van der Waals surface area contributed by atoms with Crippen molar-refractivity contribution in [1.29, 1.82) is 0 Å². The van der Waals surface area contributed by atoms with Crippen molar-refractivity contribution in [2.45, 2.75) is 82.5 Å². The molecule has 1 amide bonds. The Hall–Kier alpha value is -1.42. The van der Waals surface area contributed by atoms with E-state index in [4.69, 9.17) is 9.47 Å². The summed E-state index contributed by atoms with van der Waals surface area (Å²) in [7, 11) is 3.33. The topological polar surface area (TPSA) is 68.8 Å². The van der Waals surface area contributed by atoms with E-state index in [1.165, 1.54) is 78.4 Å². The fraction of sp³-hybridized carbons (Fsp3) is 0.926. The molecule has 1 saturated carbocycles. The van der Waals surface area contributed by atoms with E-state index in [-0.39, 0.29) is 24.3 Å². The fourth-order valence-electron chi connectivity index (χ4n) is 6.52. The second-order valence-corrected chi connectivity index (χ2v) is 11.2. The van der Waals surface area contributed by atoms with Gasteiger partial charge in [0.05, 0.1) is 13.2 Å². The summed E-state index contributed by atoms with van der Waals surface area (Å²) in [6, 6.07) is 0.974. The van der Waals surface area contributed by atoms with Crippen molar-refractivity contribution in [2.24, 2.45) is 0 Å². The number of esters is 1. The lowest BCUT2D eigenvalue weighted by Gasteiger charge is -2.41. The van der Waals surface area contributed by atoms with Crippen LogP contribution in [0.4, 0.5) is 4.79 Å². The van der Waals surface area contributed by atoms with Crippen LogP contribution in [0.25, 0.3) is 0 Å². The van der Waals surface area contributed by atoms with Gasteiger partial charge in [0.1, 0.15) is 0 Å². The van der Waals surface area contributed by atoms with Gasteiger partial charge in [-0.2, -0.15) is 0 Å². The zero-order chi connectivity index (χ0) is 25.3. The zero-order valence-corrected chi connectivity index (χ0v) is 22.7. The maximum Gasteiger partial charge on any atom is 0.411 e. The molecule has 9 nitrogen and oxygen atoms in total. The largest absolute Gasteiger partial charge is 0.469 e. The highest BCUT2D eigenvalue weighted by Crippen LogP contribution is 2.27. The molecule has 0 aromatic rings. The van der Waals surface area contributed by atoms with Crippen molar-refractivity contribution in [3.8, 4) is 0 Å². The first-order chi connectivity index (χ1) is 17.5. The van der Waals surface area contributed by atoms with Gasteiger partial charge in [-0.05, 0) is 51.6 Å². The minimum Gasteiger partial charge on any atom is -0.469 e. The van der Waals surface area contributed by atoms with E-state index >= 15 is 0 Å². The number of amides is 1. The minimum atomic E-state index is -0.190. The monoisotopic (exact) mass is 507 g/mol. The number of rotatable bonds is 11. The number of hydrogen-bond donors (Lipinski definition) is 0. The average Bonchev–Trinajstić information content (AvgIpc) is 3.20. The minimum absolute atomic E-state index is 0.131. The maximum atomic E-state index is 12.4. The molecule has 3 saturated heterocycles. The molecule has 4 fully saturated rings. The third kappa shape index (κ3) is 7.55. The Balaban J connectivity index is 1.13. The van der Waals surface area contributed by atoms with Gasteiger partial charge in [0.25, 0.3) is 0 Å². The molecule has 0 spiro atoms. The average molecular weight is 508 g/mol. The van der Waals surface area contributed by atoms with Crippen molar-refractivity contribution >= 4 is 12.1 Å². The molecule has 0 aromatic carbocycles. The lowest BCUT2D eigenvalue weighted by Crippen LogP contribution is -2.54. The van der Waals surface area contributed by atoms with Crippen LogP contribution in [0.15, 0.2) is 0 Å². The Morgan fingerprint density at radius 3 is 2.11 bits per heavy atom. The summed E-state index contributed by atoms with van der Waals surface area (Å²) in [5, 5.41) is 0. The normalized spacial score (nSPS) is 27.9. The quantitative estimate of drug-likeness (QED) is 0.312. The molecule has 4 aliphatic rings. The molecular formula is C27H49N5O4. The summed E-state index contributed by atoms with van der Waals surface area (Å²) >= 11 is 0. The Bertz CT molecular complexity index is 688. The molecule has 3 heterocycles. The molecule has 2 unspecified atom stereocenters. The molecule has 1 aliphatic carbocycles. The molecule has 4 rings (SSSR count). The van der Waals surface area contributed by atoms with Crippen LogP contribution in [-0.4, -0.2) is 134 Å². The van der Waals surface area contributed by atoms with Crippen molar-refractivity contribution in [1.82, 2.24) is 24.5 Å². The number of cyclic esters (lactones) is 1. The van der Waals surface area contributed by atoms with E-state index in [9.17, 15) is 9.59 Å². The van der Waals surface area contributed by atoms with E-state index in [1.54, 1.807) is 0 Å². The summed E-state index contributed by atoms with van der Waals surface area (Å²) in [5.74, 6) is -0.140. The van der Waals surface area contributed by atoms with Gasteiger partial charge in [-0.1, -0.05) is 19.3 Å². The van der Waals surface area contributed by atoms with Gasteiger partial charge in [0.15, 0.2) is 6.23 Å². The van der Waals surface area contributed by atoms with E-state index in [1.807, 2.05) is 11.9 Å². The van der Waals surface area contributed by atoms with Crippen LogP contribution in [0.2, 0.25) is 0 Å². The van der Waals surface area contributed by atoms with Crippen molar-refractivity contribution in [2.75, 3.05) is 79.6 Å². The molecule has 9 heteroatoms. The number of piperazine rings is 2. The summed E-state index contributed by atoms with van der Waals surface area (Å²) in [4.78, 5) is 35.7. The van der Waals surface area contributed by atoms with Crippen LogP contribution >= 0.6 is 0 Å². The Morgan fingerprint density at radius 2 is 1.47 bits per heavy atom. The molecule has 36 heavy (non-hydrogen) atoms. The molecule has 0 bridgehead atoms. The predicted molar refractivity (Wildman–Crippen MR) is 140 cm³/mol. The van der Waals surface area contributed by atoms with E-state index in [0.717, 1.165) is 58.0 Å². The standard InChI is InChI=1S/C27H49N5O4/c1-28-24(11-6-7-13-29-15-19-31(20-16-29)23-9-4-3-5-10-23)26(36-27(28)34)32-21-17-30(18-22-32)14-8-12-25(33)35-2/h23-24,26H,3-22H2,1-2H3. The third-order valence-electron chi connectivity index (χ3n) is 8.91. The first-order valence-electron chi connectivity index (χ1n) is 14.5.